The van der Waals surface area contributed by atoms with Crippen molar-refractivity contribution in [2.75, 3.05) is 6.54 Å². The molecule has 13 heavy (non-hydrogen) atoms. The van der Waals surface area contributed by atoms with E-state index < -0.39 is 0 Å². The van der Waals surface area contributed by atoms with E-state index in [1.165, 1.54) is 17.5 Å². The smallest absolute Gasteiger partial charge is 0.00452 e. The summed E-state index contributed by atoms with van der Waals surface area (Å²) in [6, 6.07) is 9.41. The van der Waals surface area contributed by atoms with Crippen LogP contribution >= 0.6 is 0 Å². The van der Waals surface area contributed by atoms with E-state index >= 15 is 0 Å². The fourth-order valence-electron chi connectivity index (χ4n) is 2.22. The molecule has 70 valence electrons. The Morgan fingerprint density at radius 2 is 2.08 bits per heavy atom. The quantitative estimate of drug-likeness (QED) is 0.691. The van der Waals surface area contributed by atoms with Crippen LogP contribution in [0.3, 0.4) is 0 Å². The van der Waals surface area contributed by atoms with Crippen LogP contribution in [0.25, 0.3) is 0 Å². The zero-order valence-electron chi connectivity index (χ0n) is 8.38. The zero-order valence-corrected chi connectivity index (χ0v) is 8.38. The lowest BCUT2D eigenvalue weighted by molar-refractivity contribution is 0.658. The van der Waals surface area contributed by atoms with E-state index in [1.807, 2.05) is 0 Å². The van der Waals surface area contributed by atoms with Gasteiger partial charge in [-0.1, -0.05) is 24.3 Å². The largest absolute Gasteiger partial charge is 0.314 e. The highest BCUT2D eigenvalue weighted by Gasteiger charge is 2.22. The van der Waals surface area contributed by atoms with Crippen LogP contribution in [0.4, 0.5) is 0 Å². The maximum Gasteiger partial charge on any atom is 0.00452 e. The van der Waals surface area contributed by atoms with E-state index in [0.29, 0.717) is 6.04 Å². The van der Waals surface area contributed by atoms with Gasteiger partial charge >= 0.3 is 0 Å². The number of hydrogen-bond donors (Lipinski definition) is 1. The summed E-state index contributed by atoms with van der Waals surface area (Å²) in [7, 11) is 0. The average Bonchev–Trinajstić information content (AvgIpc) is 2.53. The van der Waals surface area contributed by atoms with Gasteiger partial charge in [-0.2, -0.15) is 0 Å². The summed E-state index contributed by atoms with van der Waals surface area (Å²) in [5.74, 6) is 0.733. The molecule has 1 heterocycles. The molecule has 1 N–H and O–H groups in total. The highest BCUT2D eigenvalue weighted by molar-refractivity contribution is 5.30. The van der Waals surface area contributed by atoms with Crippen molar-refractivity contribution in [3.63, 3.8) is 0 Å². The molecule has 1 aromatic carbocycles. The molecule has 1 fully saturated rings. The normalized spacial score (nSPS) is 27.8. The van der Waals surface area contributed by atoms with E-state index in [2.05, 4.69) is 43.4 Å². The first-order valence-electron chi connectivity index (χ1n) is 5.06. The van der Waals surface area contributed by atoms with Crippen molar-refractivity contribution in [2.45, 2.75) is 32.2 Å². The van der Waals surface area contributed by atoms with Crippen molar-refractivity contribution in [1.29, 1.82) is 0 Å². The molecule has 2 rings (SSSR count). The van der Waals surface area contributed by atoms with Crippen LogP contribution < -0.4 is 5.32 Å². The third-order valence-electron chi connectivity index (χ3n) is 2.98. The van der Waals surface area contributed by atoms with E-state index in [9.17, 15) is 0 Å². The fraction of sp³-hybridized carbons (Fsp3) is 0.500. The average molecular weight is 175 g/mol. The van der Waals surface area contributed by atoms with Gasteiger partial charge in [-0.05, 0) is 37.3 Å². The number of nitrogens with one attached hydrogen (secondary N) is 1. The summed E-state index contributed by atoms with van der Waals surface area (Å²) in [6.07, 6.45) is 1.28. The minimum absolute atomic E-state index is 0.685. The molecule has 1 heteroatoms. The van der Waals surface area contributed by atoms with Crippen molar-refractivity contribution in [3.05, 3.63) is 35.4 Å². The number of rotatable bonds is 1. The molecule has 0 bridgehead atoms. The van der Waals surface area contributed by atoms with Gasteiger partial charge < -0.3 is 5.32 Å². The highest BCUT2D eigenvalue weighted by atomic mass is 14.9. The summed E-state index contributed by atoms with van der Waals surface area (Å²) in [5.41, 5.74) is 2.96. The maximum absolute atomic E-state index is 3.50. The van der Waals surface area contributed by atoms with Crippen LogP contribution in [0.5, 0.6) is 0 Å². The molecule has 0 aromatic heterocycles. The summed E-state index contributed by atoms with van der Waals surface area (Å²) >= 11 is 0. The van der Waals surface area contributed by atoms with E-state index in [4.69, 9.17) is 0 Å². The molecule has 0 spiro atoms. The Labute approximate surface area is 80.2 Å². The van der Waals surface area contributed by atoms with E-state index in [-0.39, 0.29) is 0 Å². The predicted molar refractivity (Wildman–Crippen MR) is 56.0 cm³/mol. The molecule has 2 atom stereocenters. The summed E-state index contributed by atoms with van der Waals surface area (Å²) in [6.45, 7) is 5.61. The monoisotopic (exact) mass is 175 g/mol. The lowest BCUT2D eigenvalue weighted by Gasteiger charge is -2.11. The van der Waals surface area contributed by atoms with Gasteiger partial charge in [0.25, 0.3) is 0 Å². The second kappa shape index (κ2) is 3.51. The summed E-state index contributed by atoms with van der Waals surface area (Å²) in [4.78, 5) is 0. The molecule has 0 saturated carbocycles. The first-order valence-corrected chi connectivity index (χ1v) is 5.06. The fourth-order valence-corrected chi connectivity index (χ4v) is 2.22. The standard InChI is InChI=1S/C12H17N/c1-9-5-3-4-6-12(9)11-7-10(2)13-8-11/h3-6,10-11,13H,7-8H2,1-2H3/t10-,11-/m0/s1. The Bertz CT molecular complexity index is 293. The Balaban J connectivity index is 2.21. The van der Waals surface area contributed by atoms with Gasteiger partial charge in [0.1, 0.15) is 0 Å². The first-order chi connectivity index (χ1) is 6.27. The van der Waals surface area contributed by atoms with Crippen LogP contribution in [0.2, 0.25) is 0 Å². The van der Waals surface area contributed by atoms with Crippen LogP contribution in [0, 0.1) is 6.92 Å². The third-order valence-corrected chi connectivity index (χ3v) is 2.98. The SMILES string of the molecule is Cc1ccccc1[C@@H]1CN[C@@H](C)C1. The predicted octanol–water partition coefficient (Wildman–Crippen LogP) is 2.46. The molecule has 0 amide bonds. The minimum Gasteiger partial charge on any atom is -0.314 e. The molecular formula is C12H17N. The Morgan fingerprint density at radius 3 is 2.69 bits per heavy atom. The Kier molecular flexibility index (Phi) is 2.36. The van der Waals surface area contributed by atoms with E-state index in [1.54, 1.807) is 0 Å². The maximum atomic E-state index is 3.50. The van der Waals surface area contributed by atoms with Crippen LogP contribution in [0.1, 0.15) is 30.4 Å². The lowest BCUT2D eigenvalue weighted by Crippen LogP contribution is -2.16. The van der Waals surface area contributed by atoms with Crippen molar-refractivity contribution < 1.29 is 0 Å². The van der Waals surface area contributed by atoms with E-state index in [0.717, 1.165) is 12.5 Å². The second-order valence-corrected chi connectivity index (χ2v) is 4.10. The van der Waals surface area contributed by atoms with Crippen LogP contribution in [-0.2, 0) is 0 Å². The number of benzene rings is 1. The van der Waals surface area contributed by atoms with Gasteiger partial charge in [0, 0.05) is 12.6 Å². The Hall–Kier alpha value is -0.820. The number of aryl methyl sites for hydroxylation is 1. The molecule has 1 aliphatic heterocycles. The molecule has 0 radical (unpaired) electrons. The van der Waals surface area contributed by atoms with Gasteiger partial charge in [0.2, 0.25) is 0 Å². The molecule has 1 aromatic rings. The van der Waals surface area contributed by atoms with Gasteiger partial charge in [0.15, 0.2) is 0 Å². The van der Waals surface area contributed by atoms with Crippen LogP contribution in [0.15, 0.2) is 24.3 Å². The highest BCUT2D eigenvalue weighted by Crippen LogP contribution is 2.27. The van der Waals surface area contributed by atoms with Crippen molar-refractivity contribution >= 4 is 0 Å². The van der Waals surface area contributed by atoms with Crippen molar-refractivity contribution in [1.82, 2.24) is 5.32 Å². The van der Waals surface area contributed by atoms with Crippen molar-refractivity contribution in [2.24, 2.45) is 0 Å². The molecular weight excluding hydrogens is 158 g/mol. The summed E-state index contributed by atoms with van der Waals surface area (Å²) < 4.78 is 0. The Morgan fingerprint density at radius 1 is 1.31 bits per heavy atom. The number of hydrogen-bond acceptors (Lipinski definition) is 1. The van der Waals surface area contributed by atoms with Gasteiger partial charge in [-0.25, -0.2) is 0 Å². The lowest BCUT2D eigenvalue weighted by atomic mass is 9.93. The third kappa shape index (κ3) is 1.75. The minimum atomic E-state index is 0.685. The molecule has 1 nitrogen and oxygen atoms in total. The van der Waals surface area contributed by atoms with Gasteiger partial charge in [0.05, 0.1) is 0 Å². The molecule has 1 aliphatic rings. The molecule has 0 unspecified atom stereocenters. The van der Waals surface area contributed by atoms with Gasteiger partial charge in [-0.3, -0.25) is 0 Å². The topological polar surface area (TPSA) is 12.0 Å². The van der Waals surface area contributed by atoms with Gasteiger partial charge in [-0.15, -0.1) is 0 Å². The second-order valence-electron chi connectivity index (χ2n) is 4.10. The van der Waals surface area contributed by atoms with Crippen LogP contribution in [-0.4, -0.2) is 12.6 Å². The van der Waals surface area contributed by atoms with Crippen molar-refractivity contribution in [3.8, 4) is 0 Å². The molecule has 1 saturated heterocycles. The summed E-state index contributed by atoms with van der Waals surface area (Å²) in [5, 5.41) is 3.50. The molecule has 0 aliphatic carbocycles. The zero-order chi connectivity index (χ0) is 9.26. The first kappa shape index (κ1) is 8.76.